The first-order valence-electron chi connectivity index (χ1n) is 5.52. The van der Waals surface area contributed by atoms with Crippen molar-refractivity contribution >= 4 is 11.8 Å². The molecule has 6 nitrogen and oxygen atoms in total. The lowest BCUT2D eigenvalue weighted by molar-refractivity contribution is -0.123. The Hall–Kier alpha value is -1.98. The maximum atomic E-state index is 12.1. The molecule has 1 fully saturated rings. The molecule has 0 bridgehead atoms. The summed E-state index contributed by atoms with van der Waals surface area (Å²) in [5.74, 6) is -0.722. The fourth-order valence-corrected chi connectivity index (χ4v) is 1.99. The minimum atomic E-state index is -0.341. The molecule has 17 heavy (non-hydrogen) atoms. The van der Waals surface area contributed by atoms with Crippen LogP contribution in [-0.2, 0) is 4.79 Å². The highest BCUT2D eigenvalue weighted by molar-refractivity contribution is 5.94. The van der Waals surface area contributed by atoms with E-state index in [1.807, 2.05) is 0 Å². The summed E-state index contributed by atoms with van der Waals surface area (Å²) in [7, 11) is 0. The van der Waals surface area contributed by atoms with Gasteiger partial charge in [-0.05, 0) is 12.8 Å². The standard InChI is InChI=1S/C11H14N4O2/c12-10(16)8-2-1-3-15(6-8)11(17)9-4-13-7-14-5-9/h4-5,7-8H,1-3,6H2,(H2,12,16)/t8-/m0/s1. The van der Waals surface area contributed by atoms with Crippen LogP contribution >= 0.6 is 0 Å². The molecule has 0 radical (unpaired) electrons. The van der Waals surface area contributed by atoms with Gasteiger partial charge in [0.15, 0.2) is 0 Å². The van der Waals surface area contributed by atoms with Gasteiger partial charge in [-0.2, -0.15) is 0 Å². The van der Waals surface area contributed by atoms with Crippen LogP contribution in [-0.4, -0.2) is 39.8 Å². The van der Waals surface area contributed by atoms with Gasteiger partial charge in [0.2, 0.25) is 5.91 Å². The van der Waals surface area contributed by atoms with E-state index in [0.29, 0.717) is 18.7 Å². The van der Waals surface area contributed by atoms with Crippen molar-refractivity contribution in [3.63, 3.8) is 0 Å². The van der Waals surface area contributed by atoms with Crippen LogP contribution in [0.2, 0.25) is 0 Å². The number of hydrogen-bond donors (Lipinski definition) is 1. The highest BCUT2D eigenvalue weighted by Gasteiger charge is 2.27. The van der Waals surface area contributed by atoms with E-state index in [0.717, 1.165) is 12.8 Å². The minimum absolute atomic E-state index is 0.142. The van der Waals surface area contributed by atoms with Crippen molar-refractivity contribution in [3.05, 3.63) is 24.3 Å². The summed E-state index contributed by atoms with van der Waals surface area (Å²) in [5, 5.41) is 0. The molecule has 1 aromatic heterocycles. The molecule has 90 valence electrons. The first kappa shape index (κ1) is 11.5. The van der Waals surface area contributed by atoms with Crippen molar-refractivity contribution in [2.24, 2.45) is 11.7 Å². The number of carbonyl (C=O) groups excluding carboxylic acids is 2. The maximum absolute atomic E-state index is 12.1. The molecule has 1 aliphatic heterocycles. The van der Waals surface area contributed by atoms with Gasteiger partial charge in [0.05, 0.1) is 11.5 Å². The molecule has 2 N–H and O–H groups in total. The van der Waals surface area contributed by atoms with Crippen LogP contribution in [0, 0.1) is 5.92 Å². The lowest BCUT2D eigenvalue weighted by atomic mass is 9.97. The first-order chi connectivity index (χ1) is 8.18. The van der Waals surface area contributed by atoms with Gasteiger partial charge in [-0.15, -0.1) is 0 Å². The molecule has 0 saturated carbocycles. The van der Waals surface area contributed by atoms with E-state index in [1.54, 1.807) is 4.90 Å². The summed E-state index contributed by atoms with van der Waals surface area (Å²) >= 11 is 0. The molecule has 0 aromatic carbocycles. The van der Waals surface area contributed by atoms with Gasteiger partial charge in [0.1, 0.15) is 6.33 Å². The number of amides is 2. The second kappa shape index (κ2) is 4.90. The van der Waals surface area contributed by atoms with Gasteiger partial charge in [-0.1, -0.05) is 0 Å². The van der Waals surface area contributed by atoms with Crippen LogP contribution in [0.5, 0.6) is 0 Å². The zero-order valence-electron chi connectivity index (χ0n) is 9.37. The molecular formula is C11H14N4O2. The number of nitrogens with zero attached hydrogens (tertiary/aromatic N) is 3. The topological polar surface area (TPSA) is 89.2 Å². The first-order valence-corrected chi connectivity index (χ1v) is 5.52. The third-order valence-electron chi connectivity index (χ3n) is 2.92. The molecule has 1 aromatic rings. The maximum Gasteiger partial charge on any atom is 0.257 e. The van der Waals surface area contributed by atoms with E-state index in [1.165, 1.54) is 18.7 Å². The van der Waals surface area contributed by atoms with Gasteiger partial charge >= 0.3 is 0 Å². The van der Waals surface area contributed by atoms with Crippen LogP contribution in [0.3, 0.4) is 0 Å². The largest absolute Gasteiger partial charge is 0.369 e. The molecule has 0 spiro atoms. The number of hydrogen-bond acceptors (Lipinski definition) is 4. The van der Waals surface area contributed by atoms with Crippen LogP contribution in [0.15, 0.2) is 18.7 Å². The average Bonchev–Trinajstić information content (AvgIpc) is 2.39. The zero-order valence-corrected chi connectivity index (χ0v) is 9.37. The van der Waals surface area contributed by atoms with E-state index in [4.69, 9.17) is 5.73 Å². The molecule has 6 heteroatoms. The van der Waals surface area contributed by atoms with Gasteiger partial charge in [-0.3, -0.25) is 9.59 Å². The summed E-state index contributed by atoms with van der Waals surface area (Å²) in [4.78, 5) is 32.4. The van der Waals surface area contributed by atoms with E-state index in [2.05, 4.69) is 9.97 Å². The lowest BCUT2D eigenvalue weighted by Crippen LogP contribution is -2.44. The Labute approximate surface area is 98.8 Å². The number of piperidine rings is 1. The summed E-state index contributed by atoms with van der Waals surface area (Å²) in [6.45, 7) is 1.04. The predicted molar refractivity (Wildman–Crippen MR) is 59.9 cm³/mol. The van der Waals surface area contributed by atoms with Gasteiger partial charge in [-0.25, -0.2) is 9.97 Å². The average molecular weight is 234 g/mol. The summed E-state index contributed by atoms with van der Waals surface area (Å²) in [6.07, 6.45) is 5.88. The predicted octanol–water partition coefficient (Wildman–Crippen LogP) is -0.186. The number of carbonyl (C=O) groups is 2. The van der Waals surface area contributed by atoms with E-state index < -0.39 is 0 Å². The summed E-state index contributed by atoms with van der Waals surface area (Å²) in [5.41, 5.74) is 5.71. The van der Waals surface area contributed by atoms with E-state index in [9.17, 15) is 9.59 Å². The van der Waals surface area contributed by atoms with Crippen molar-refractivity contribution in [3.8, 4) is 0 Å². The molecule has 0 unspecified atom stereocenters. The Morgan fingerprint density at radius 3 is 2.71 bits per heavy atom. The van der Waals surface area contributed by atoms with Crippen molar-refractivity contribution in [1.82, 2.24) is 14.9 Å². The molecule has 0 aliphatic carbocycles. The fraction of sp³-hybridized carbons (Fsp3) is 0.455. The van der Waals surface area contributed by atoms with E-state index >= 15 is 0 Å². The van der Waals surface area contributed by atoms with Crippen LogP contribution < -0.4 is 5.73 Å². The SMILES string of the molecule is NC(=O)[C@H]1CCCN(C(=O)c2cncnc2)C1. The summed E-state index contributed by atoms with van der Waals surface area (Å²) in [6, 6.07) is 0. The Balaban J connectivity index is 2.07. The molecule has 1 saturated heterocycles. The van der Waals surface area contributed by atoms with Crippen molar-refractivity contribution in [2.45, 2.75) is 12.8 Å². The molecular weight excluding hydrogens is 220 g/mol. The normalized spacial score (nSPS) is 20.0. The van der Waals surface area contributed by atoms with Crippen molar-refractivity contribution in [2.75, 3.05) is 13.1 Å². The van der Waals surface area contributed by atoms with Gasteiger partial charge < -0.3 is 10.6 Å². The van der Waals surface area contributed by atoms with Crippen LogP contribution in [0.25, 0.3) is 0 Å². The minimum Gasteiger partial charge on any atom is -0.369 e. The lowest BCUT2D eigenvalue weighted by Gasteiger charge is -2.31. The summed E-state index contributed by atoms with van der Waals surface area (Å²) < 4.78 is 0. The Morgan fingerprint density at radius 1 is 1.35 bits per heavy atom. The quantitative estimate of drug-likeness (QED) is 0.768. The highest BCUT2D eigenvalue weighted by Crippen LogP contribution is 2.17. The van der Waals surface area contributed by atoms with Gasteiger partial charge in [0.25, 0.3) is 5.91 Å². The number of primary amides is 1. The van der Waals surface area contributed by atoms with E-state index in [-0.39, 0.29) is 17.7 Å². The second-order valence-electron chi connectivity index (χ2n) is 4.12. The zero-order chi connectivity index (χ0) is 12.3. The second-order valence-corrected chi connectivity index (χ2v) is 4.12. The Morgan fingerprint density at radius 2 is 2.06 bits per heavy atom. The Bertz CT molecular complexity index is 421. The van der Waals surface area contributed by atoms with Crippen molar-refractivity contribution in [1.29, 1.82) is 0 Å². The number of aromatic nitrogens is 2. The molecule has 2 rings (SSSR count). The third kappa shape index (κ3) is 2.58. The highest BCUT2D eigenvalue weighted by atomic mass is 16.2. The molecule has 1 aliphatic rings. The molecule has 2 amide bonds. The fourth-order valence-electron chi connectivity index (χ4n) is 1.99. The third-order valence-corrected chi connectivity index (χ3v) is 2.92. The number of nitrogens with two attached hydrogens (primary N) is 1. The molecule has 1 atom stereocenters. The van der Waals surface area contributed by atoms with Crippen molar-refractivity contribution < 1.29 is 9.59 Å². The smallest absolute Gasteiger partial charge is 0.257 e. The Kier molecular flexibility index (Phi) is 3.32. The van der Waals surface area contributed by atoms with Crippen LogP contribution in [0.1, 0.15) is 23.2 Å². The van der Waals surface area contributed by atoms with Gasteiger partial charge in [0, 0.05) is 25.5 Å². The monoisotopic (exact) mass is 234 g/mol. The number of rotatable bonds is 2. The van der Waals surface area contributed by atoms with Crippen LogP contribution in [0.4, 0.5) is 0 Å². The number of likely N-dealkylation sites (tertiary alicyclic amines) is 1. The molecule has 2 heterocycles.